The van der Waals surface area contributed by atoms with Gasteiger partial charge in [-0.05, 0) is 28.1 Å². The Kier molecular flexibility index (Phi) is 3.79. The van der Waals surface area contributed by atoms with Gasteiger partial charge in [0.1, 0.15) is 5.82 Å². The molecule has 0 aliphatic heterocycles. The lowest BCUT2D eigenvalue weighted by Gasteiger charge is -2.05. The smallest absolute Gasteiger partial charge is 0.252 e. The molecule has 1 aromatic carbocycles. The van der Waals surface area contributed by atoms with E-state index in [0.29, 0.717) is 0 Å². The van der Waals surface area contributed by atoms with Crippen molar-refractivity contribution in [3.8, 4) is 0 Å². The van der Waals surface area contributed by atoms with Gasteiger partial charge >= 0.3 is 0 Å². The highest BCUT2D eigenvalue weighted by Gasteiger charge is 2.12. The molecule has 0 saturated heterocycles. The van der Waals surface area contributed by atoms with E-state index in [1.165, 1.54) is 18.2 Å². The van der Waals surface area contributed by atoms with E-state index in [0.717, 1.165) is 0 Å². The summed E-state index contributed by atoms with van der Waals surface area (Å²) in [5.74, 6) is -1.75. The molecule has 1 rings (SSSR count). The monoisotopic (exact) mass is 274 g/mol. The standard InChI is InChI=1S/C9H8BrFN2O2/c10-8-5(2-1-3-6(8)11)9(15)13-4-7(12)14/h1-3H,4H2,(H2,12,14)(H,13,15). The van der Waals surface area contributed by atoms with Gasteiger partial charge < -0.3 is 11.1 Å². The highest BCUT2D eigenvalue weighted by atomic mass is 79.9. The Morgan fingerprint density at radius 2 is 2.13 bits per heavy atom. The van der Waals surface area contributed by atoms with E-state index in [4.69, 9.17) is 5.73 Å². The van der Waals surface area contributed by atoms with Gasteiger partial charge in [-0.3, -0.25) is 9.59 Å². The fourth-order valence-electron chi connectivity index (χ4n) is 0.942. The number of primary amides is 1. The van der Waals surface area contributed by atoms with Crippen molar-refractivity contribution in [2.45, 2.75) is 0 Å². The molecule has 0 spiro atoms. The molecule has 0 aliphatic rings. The van der Waals surface area contributed by atoms with Crippen LogP contribution in [-0.4, -0.2) is 18.4 Å². The predicted molar refractivity (Wildman–Crippen MR) is 55.6 cm³/mol. The first-order valence-corrected chi connectivity index (χ1v) is 4.82. The van der Waals surface area contributed by atoms with Gasteiger partial charge in [-0.15, -0.1) is 0 Å². The van der Waals surface area contributed by atoms with Crippen LogP contribution in [0, 0.1) is 5.82 Å². The lowest BCUT2D eigenvalue weighted by atomic mass is 10.2. The maximum atomic E-state index is 13.0. The minimum atomic E-state index is -0.657. The molecule has 2 amide bonds. The predicted octanol–water partition coefficient (Wildman–Crippen LogP) is 0.803. The first-order chi connectivity index (χ1) is 7.02. The van der Waals surface area contributed by atoms with Crippen molar-refractivity contribution in [1.29, 1.82) is 0 Å². The van der Waals surface area contributed by atoms with Crippen LogP contribution in [0.25, 0.3) is 0 Å². The minimum Gasteiger partial charge on any atom is -0.368 e. The third kappa shape index (κ3) is 3.02. The molecule has 6 heteroatoms. The number of rotatable bonds is 3. The van der Waals surface area contributed by atoms with Crippen molar-refractivity contribution in [1.82, 2.24) is 5.32 Å². The van der Waals surface area contributed by atoms with Crippen LogP contribution in [0.2, 0.25) is 0 Å². The highest BCUT2D eigenvalue weighted by Crippen LogP contribution is 2.19. The Morgan fingerprint density at radius 3 is 2.73 bits per heavy atom. The number of benzene rings is 1. The average Bonchev–Trinajstić information content (AvgIpc) is 2.18. The van der Waals surface area contributed by atoms with Gasteiger partial charge in [-0.1, -0.05) is 6.07 Å². The van der Waals surface area contributed by atoms with Gasteiger partial charge in [0.2, 0.25) is 5.91 Å². The summed E-state index contributed by atoms with van der Waals surface area (Å²) in [6.45, 7) is -0.276. The molecule has 0 heterocycles. The second-order valence-corrected chi connectivity index (χ2v) is 3.54. The molecule has 0 aliphatic carbocycles. The van der Waals surface area contributed by atoms with E-state index < -0.39 is 17.6 Å². The zero-order valence-corrected chi connectivity index (χ0v) is 9.17. The van der Waals surface area contributed by atoms with Gasteiger partial charge in [-0.2, -0.15) is 0 Å². The summed E-state index contributed by atoms with van der Waals surface area (Å²) in [4.78, 5) is 21.8. The van der Waals surface area contributed by atoms with E-state index in [1.807, 2.05) is 0 Å². The van der Waals surface area contributed by atoms with E-state index >= 15 is 0 Å². The third-order valence-corrected chi connectivity index (χ3v) is 2.43. The van der Waals surface area contributed by atoms with Crippen molar-refractivity contribution >= 4 is 27.7 Å². The van der Waals surface area contributed by atoms with Crippen LogP contribution in [0.1, 0.15) is 10.4 Å². The molecule has 4 nitrogen and oxygen atoms in total. The van der Waals surface area contributed by atoms with Crippen molar-refractivity contribution in [3.63, 3.8) is 0 Å². The minimum absolute atomic E-state index is 0.0620. The number of carbonyl (C=O) groups excluding carboxylic acids is 2. The summed E-state index contributed by atoms with van der Waals surface area (Å²) in [6.07, 6.45) is 0. The van der Waals surface area contributed by atoms with Crippen molar-refractivity contribution in [2.75, 3.05) is 6.54 Å². The van der Waals surface area contributed by atoms with Crippen LogP contribution < -0.4 is 11.1 Å². The zero-order chi connectivity index (χ0) is 11.4. The molecule has 1 aromatic rings. The number of nitrogens with one attached hydrogen (secondary N) is 1. The van der Waals surface area contributed by atoms with Crippen molar-refractivity contribution in [2.24, 2.45) is 5.73 Å². The maximum absolute atomic E-state index is 13.0. The van der Waals surface area contributed by atoms with E-state index in [9.17, 15) is 14.0 Å². The maximum Gasteiger partial charge on any atom is 0.252 e. The average molecular weight is 275 g/mol. The Morgan fingerprint density at radius 1 is 1.47 bits per heavy atom. The third-order valence-electron chi connectivity index (χ3n) is 1.62. The Balaban J connectivity index is 2.82. The first kappa shape index (κ1) is 11.6. The molecular weight excluding hydrogens is 267 g/mol. The SMILES string of the molecule is NC(=O)CNC(=O)c1cccc(F)c1Br. The molecular formula is C9H8BrFN2O2. The summed E-state index contributed by atoms with van der Waals surface area (Å²) < 4.78 is 13.1. The Labute approximate surface area is 93.8 Å². The van der Waals surface area contributed by atoms with E-state index in [2.05, 4.69) is 21.2 Å². The van der Waals surface area contributed by atoms with Gasteiger partial charge in [0.05, 0.1) is 16.6 Å². The van der Waals surface area contributed by atoms with Crippen LogP contribution in [0.4, 0.5) is 4.39 Å². The van der Waals surface area contributed by atoms with Crippen molar-refractivity contribution < 1.29 is 14.0 Å². The summed E-state index contributed by atoms with van der Waals surface area (Å²) in [7, 11) is 0. The number of halogens is 2. The van der Waals surface area contributed by atoms with Crippen LogP contribution in [0.3, 0.4) is 0 Å². The molecule has 0 saturated carbocycles. The largest absolute Gasteiger partial charge is 0.368 e. The van der Waals surface area contributed by atoms with Gasteiger partial charge in [0.15, 0.2) is 0 Å². The molecule has 0 atom stereocenters. The van der Waals surface area contributed by atoms with Gasteiger partial charge in [0.25, 0.3) is 5.91 Å². The number of hydrogen-bond acceptors (Lipinski definition) is 2. The first-order valence-electron chi connectivity index (χ1n) is 4.03. The van der Waals surface area contributed by atoms with Crippen LogP contribution >= 0.6 is 15.9 Å². The second-order valence-electron chi connectivity index (χ2n) is 2.75. The van der Waals surface area contributed by atoms with Crippen LogP contribution in [0.5, 0.6) is 0 Å². The summed E-state index contributed by atoms with van der Waals surface area (Å²) in [5.41, 5.74) is 4.97. The molecule has 0 radical (unpaired) electrons. The molecule has 0 bridgehead atoms. The lowest BCUT2D eigenvalue weighted by molar-refractivity contribution is -0.117. The van der Waals surface area contributed by atoms with Crippen LogP contribution in [-0.2, 0) is 4.79 Å². The van der Waals surface area contributed by atoms with E-state index in [-0.39, 0.29) is 16.6 Å². The lowest BCUT2D eigenvalue weighted by Crippen LogP contribution is -2.33. The van der Waals surface area contributed by atoms with Crippen molar-refractivity contribution in [3.05, 3.63) is 34.1 Å². The molecule has 0 aromatic heterocycles. The fraction of sp³-hybridized carbons (Fsp3) is 0.111. The van der Waals surface area contributed by atoms with Crippen LogP contribution in [0.15, 0.2) is 22.7 Å². The quantitative estimate of drug-likeness (QED) is 0.856. The van der Waals surface area contributed by atoms with Gasteiger partial charge in [0, 0.05) is 0 Å². The summed E-state index contributed by atoms with van der Waals surface area (Å²) in [6, 6.07) is 4.05. The Hall–Kier alpha value is -1.43. The van der Waals surface area contributed by atoms with Gasteiger partial charge in [-0.25, -0.2) is 4.39 Å². The number of nitrogens with two attached hydrogens (primary N) is 1. The fourth-order valence-corrected chi connectivity index (χ4v) is 1.39. The normalized spacial score (nSPS) is 9.73. The molecule has 15 heavy (non-hydrogen) atoms. The summed E-state index contributed by atoms with van der Waals surface area (Å²) in [5, 5.41) is 2.26. The second kappa shape index (κ2) is 4.88. The highest BCUT2D eigenvalue weighted by molar-refractivity contribution is 9.10. The molecule has 0 fully saturated rings. The number of carbonyl (C=O) groups is 2. The molecule has 80 valence electrons. The molecule has 3 N–H and O–H groups in total. The Bertz CT molecular complexity index is 409. The topological polar surface area (TPSA) is 72.2 Å². The number of hydrogen-bond donors (Lipinski definition) is 2. The summed E-state index contributed by atoms with van der Waals surface area (Å²) >= 11 is 2.94. The zero-order valence-electron chi connectivity index (χ0n) is 7.59. The molecule has 0 unspecified atom stereocenters. The number of amides is 2. The van der Waals surface area contributed by atoms with E-state index in [1.54, 1.807) is 0 Å².